The third kappa shape index (κ3) is 4.40. The second-order valence-electron chi connectivity index (χ2n) is 6.31. The first-order valence-electron chi connectivity index (χ1n) is 8.42. The minimum absolute atomic E-state index is 0.180. The minimum Gasteiger partial charge on any atom is -0.493 e. The third-order valence-corrected chi connectivity index (χ3v) is 5.65. The molecule has 1 aliphatic rings. The molecule has 9 heteroatoms. The lowest BCUT2D eigenvalue weighted by Gasteiger charge is -2.29. The standard InChI is InChI=1S/C17H23N3O5S/c1-12-5-4-6-14(13(12)2)23-9-7-16-18-19-17(25-16)15-11-20(8-10-24-15)26(3,21)22/h4-6,15H,7-11H2,1-3H3/t15-/m1/s1. The van der Waals surface area contributed by atoms with Crippen molar-refractivity contribution >= 4 is 10.0 Å². The van der Waals surface area contributed by atoms with Gasteiger partial charge < -0.3 is 13.9 Å². The largest absolute Gasteiger partial charge is 0.493 e. The Morgan fingerprint density at radius 2 is 2.12 bits per heavy atom. The van der Waals surface area contributed by atoms with Crippen molar-refractivity contribution in [3.8, 4) is 5.75 Å². The van der Waals surface area contributed by atoms with Gasteiger partial charge in [-0.25, -0.2) is 8.42 Å². The SMILES string of the molecule is Cc1cccc(OCCc2nnc([C@H]3CN(S(C)(=O)=O)CCO3)o2)c1C. The number of hydrogen-bond acceptors (Lipinski definition) is 7. The predicted octanol–water partition coefficient (Wildman–Crippen LogP) is 1.64. The molecule has 142 valence electrons. The van der Waals surface area contributed by atoms with E-state index in [0.29, 0.717) is 38.0 Å². The lowest BCUT2D eigenvalue weighted by Crippen LogP contribution is -2.41. The van der Waals surface area contributed by atoms with Crippen molar-refractivity contribution in [2.75, 3.05) is 32.6 Å². The fourth-order valence-electron chi connectivity index (χ4n) is 2.70. The molecule has 0 aliphatic carbocycles. The van der Waals surface area contributed by atoms with Crippen LogP contribution in [0.2, 0.25) is 0 Å². The van der Waals surface area contributed by atoms with E-state index < -0.39 is 16.1 Å². The Balaban J connectivity index is 1.57. The molecule has 2 aromatic rings. The highest BCUT2D eigenvalue weighted by Crippen LogP contribution is 2.23. The van der Waals surface area contributed by atoms with Crippen LogP contribution in [0.4, 0.5) is 0 Å². The Morgan fingerprint density at radius 1 is 1.31 bits per heavy atom. The van der Waals surface area contributed by atoms with E-state index >= 15 is 0 Å². The van der Waals surface area contributed by atoms with Crippen molar-refractivity contribution < 1.29 is 22.3 Å². The molecular formula is C17H23N3O5S. The number of benzene rings is 1. The van der Waals surface area contributed by atoms with Crippen LogP contribution in [0, 0.1) is 13.8 Å². The van der Waals surface area contributed by atoms with Gasteiger partial charge in [-0.15, -0.1) is 10.2 Å². The van der Waals surface area contributed by atoms with Gasteiger partial charge in [0.05, 0.1) is 25.9 Å². The molecule has 1 aromatic carbocycles. The second-order valence-corrected chi connectivity index (χ2v) is 8.29. The highest BCUT2D eigenvalue weighted by Gasteiger charge is 2.30. The Kier molecular flexibility index (Phi) is 5.59. The molecule has 0 N–H and O–H groups in total. The summed E-state index contributed by atoms with van der Waals surface area (Å²) in [5.41, 5.74) is 2.28. The molecule has 0 spiro atoms. The Morgan fingerprint density at radius 3 is 2.88 bits per heavy atom. The summed E-state index contributed by atoms with van der Waals surface area (Å²) in [4.78, 5) is 0. The van der Waals surface area contributed by atoms with Crippen LogP contribution in [0.25, 0.3) is 0 Å². The first kappa shape index (κ1) is 18.8. The van der Waals surface area contributed by atoms with Gasteiger partial charge in [-0.3, -0.25) is 0 Å². The molecular weight excluding hydrogens is 358 g/mol. The Bertz CT molecular complexity index is 865. The predicted molar refractivity (Wildman–Crippen MR) is 94.5 cm³/mol. The van der Waals surface area contributed by atoms with Gasteiger partial charge in [0.15, 0.2) is 0 Å². The molecule has 0 amide bonds. The van der Waals surface area contributed by atoms with Crippen molar-refractivity contribution in [1.29, 1.82) is 0 Å². The molecule has 0 saturated carbocycles. The molecule has 1 fully saturated rings. The molecule has 1 atom stereocenters. The van der Waals surface area contributed by atoms with E-state index in [4.69, 9.17) is 13.9 Å². The monoisotopic (exact) mass is 381 g/mol. The van der Waals surface area contributed by atoms with Gasteiger partial charge in [-0.1, -0.05) is 12.1 Å². The van der Waals surface area contributed by atoms with Crippen LogP contribution < -0.4 is 4.74 Å². The van der Waals surface area contributed by atoms with Gasteiger partial charge in [-0.2, -0.15) is 4.31 Å². The molecule has 1 saturated heterocycles. The minimum atomic E-state index is -3.27. The zero-order valence-corrected chi connectivity index (χ0v) is 16.0. The number of aryl methyl sites for hydroxylation is 1. The summed E-state index contributed by atoms with van der Waals surface area (Å²) in [6.45, 7) is 5.28. The molecule has 26 heavy (non-hydrogen) atoms. The lowest BCUT2D eigenvalue weighted by molar-refractivity contribution is -0.0176. The van der Waals surface area contributed by atoms with E-state index in [1.54, 1.807) is 0 Å². The first-order chi connectivity index (χ1) is 12.3. The van der Waals surface area contributed by atoms with Gasteiger partial charge in [0.2, 0.25) is 21.8 Å². The van der Waals surface area contributed by atoms with Crippen LogP contribution in [-0.4, -0.2) is 55.5 Å². The lowest BCUT2D eigenvalue weighted by atomic mass is 10.1. The third-order valence-electron chi connectivity index (χ3n) is 4.38. The number of sulfonamides is 1. The number of aromatic nitrogens is 2. The quantitative estimate of drug-likeness (QED) is 0.751. The maximum atomic E-state index is 11.7. The molecule has 1 aromatic heterocycles. The highest BCUT2D eigenvalue weighted by molar-refractivity contribution is 7.88. The van der Waals surface area contributed by atoms with Crippen molar-refractivity contribution in [2.24, 2.45) is 0 Å². The maximum absolute atomic E-state index is 11.7. The van der Waals surface area contributed by atoms with Crippen LogP contribution in [-0.2, 0) is 21.2 Å². The normalized spacial score (nSPS) is 18.8. The highest BCUT2D eigenvalue weighted by atomic mass is 32.2. The Hall–Kier alpha value is -1.97. The van der Waals surface area contributed by atoms with Crippen LogP contribution >= 0.6 is 0 Å². The Labute approximate surface area is 153 Å². The summed E-state index contributed by atoms with van der Waals surface area (Å²) < 4.78 is 41.7. The molecule has 2 heterocycles. The van der Waals surface area contributed by atoms with Crippen molar-refractivity contribution in [1.82, 2.24) is 14.5 Å². The molecule has 8 nitrogen and oxygen atoms in total. The smallest absolute Gasteiger partial charge is 0.246 e. The van der Waals surface area contributed by atoms with Gasteiger partial charge in [-0.05, 0) is 31.0 Å². The van der Waals surface area contributed by atoms with E-state index in [0.717, 1.165) is 11.3 Å². The molecule has 1 aliphatic heterocycles. The topological polar surface area (TPSA) is 94.8 Å². The van der Waals surface area contributed by atoms with Crippen LogP contribution in [0.5, 0.6) is 5.75 Å². The average Bonchev–Trinajstić information content (AvgIpc) is 3.07. The summed E-state index contributed by atoms with van der Waals surface area (Å²) in [5.74, 6) is 1.56. The molecule has 0 unspecified atom stereocenters. The molecule has 3 rings (SSSR count). The fourth-order valence-corrected chi connectivity index (χ4v) is 3.52. The van der Waals surface area contributed by atoms with Crippen LogP contribution in [0.3, 0.4) is 0 Å². The summed E-state index contributed by atoms with van der Waals surface area (Å²) in [7, 11) is -3.27. The number of morpholine rings is 1. The summed E-state index contributed by atoms with van der Waals surface area (Å²) >= 11 is 0. The molecule has 0 bridgehead atoms. The maximum Gasteiger partial charge on any atom is 0.246 e. The van der Waals surface area contributed by atoms with Crippen molar-refractivity contribution in [3.63, 3.8) is 0 Å². The van der Waals surface area contributed by atoms with Gasteiger partial charge in [0.25, 0.3) is 0 Å². The number of hydrogen-bond donors (Lipinski definition) is 0. The number of nitrogens with zero attached hydrogens (tertiary/aromatic N) is 3. The van der Waals surface area contributed by atoms with Crippen LogP contribution in [0.15, 0.2) is 22.6 Å². The fraction of sp³-hybridized carbons (Fsp3) is 0.529. The van der Waals surface area contributed by atoms with Gasteiger partial charge in [0.1, 0.15) is 11.9 Å². The summed E-state index contributed by atoms with van der Waals surface area (Å²) in [6.07, 6.45) is 1.10. The van der Waals surface area contributed by atoms with Crippen molar-refractivity contribution in [3.05, 3.63) is 41.1 Å². The van der Waals surface area contributed by atoms with E-state index in [-0.39, 0.29) is 6.54 Å². The second kappa shape index (κ2) is 7.73. The van der Waals surface area contributed by atoms with E-state index in [2.05, 4.69) is 10.2 Å². The average molecular weight is 381 g/mol. The first-order valence-corrected chi connectivity index (χ1v) is 10.3. The number of ether oxygens (including phenoxy) is 2. The van der Waals surface area contributed by atoms with E-state index in [9.17, 15) is 8.42 Å². The van der Waals surface area contributed by atoms with Crippen LogP contribution in [0.1, 0.15) is 29.0 Å². The zero-order valence-electron chi connectivity index (χ0n) is 15.1. The van der Waals surface area contributed by atoms with Gasteiger partial charge >= 0.3 is 0 Å². The van der Waals surface area contributed by atoms with E-state index in [1.807, 2.05) is 32.0 Å². The van der Waals surface area contributed by atoms with Gasteiger partial charge in [0, 0.05) is 13.1 Å². The van der Waals surface area contributed by atoms with Crippen molar-refractivity contribution in [2.45, 2.75) is 26.4 Å². The number of rotatable bonds is 6. The van der Waals surface area contributed by atoms with E-state index in [1.165, 1.54) is 16.1 Å². The molecule has 0 radical (unpaired) electrons. The zero-order chi connectivity index (χ0) is 18.7. The summed E-state index contributed by atoms with van der Waals surface area (Å²) in [6, 6.07) is 5.92. The summed E-state index contributed by atoms with van der Waals surface area (Å²) in [5, 5.41) is 8.00.